The number of carbonyl (C=O) groups is 2. The molecule has 3 aliphatic heterocycles. The first-order valence-corrected chi connectivity index (χ1v) is 31.4. The van der Waals surface area contributed by atoms with Crippen molar-refractivity contribution >= 4 is 29.0 Å². The van der Waals surface area contributed by atoms with Crippen LogP contribution >= 0.6 is 0 Å². The average Bonchev–Trinajstić information content (AvgIpc) is 2.29. The van der Waals surface area contributed by atoms with Crippen LogP contribution in [0.25, 0.3) is 17.0 Å². The van der Waals surface area contributed by atoms with Crippen LogP contribution in [0.2, 0.25) is 0 Å². The van der Waals surface area contributed by atoms with Gasteiger partial charge in [0.25, 0.3) is 0 Å². The van der Waals surface area contributed by atoms with Crippen molar-refractivity contribution in [2.45, 2.75) is 164 Å². The smallest absolute Gasteiger partial charge is 0.340 e. The lowest BCUT2D eigenvalue weighted by Gasteiger charge is -2.49. The molecule has 0 radical (unpaired) electrons. The first kappa shape index (κ1) is 57.4. The Morgan fingerprint density at radius 1 is 0.776 bits per heavy atom. The summed E-state index contributed by atoms with van der Waals surface area (Å²) >= 11 is 0. The van der Waals surface area contributed by atoms with Crippen molar-refractivity contribution in [2.24, 2.45) is 23.7 Å². The quantitative estimate of drug-likeness (QED) is 0.0418. The van der Waals surface area contributed by atoms with Crippen molar-refractivity contribution < 1.29 is 53.4 Å². The summed E-state index contributed by atoms with van der Waals surface area (Å²) in [4.78, 5) is 45.8. The fourth-order valence-corrected chi connectivity index (χ4v) is 17.4. The van der Waals surface area contributed by atoms with Crippen molar-refractivity contribution in [3.05, 3.63) is 198 Å². The number of esters is 2. The fraction of sp³-hybridized carbons (Fsp3) is 0.466. The summed E-state index contributed by atoms with van der Waals surface area (Å²) in [6, 6.07) is 39.1. The minimum atomic E-state index is -1.39. The Morgan fingerprint density at radius 2 is 1.61 bits per heavy atom. The maximum Gasteiger partial charge on any atom is 0.340 e. The fourth-order valence-electron chi connectivity index (χ4n) is 17.4. The second-order valence-electron chi connectivity index (χ2n) is 25.9. The van der Waals surface area contributed by atoms with E-state index < -0.39 is 54.7 Å². The number of carbonyl (C=O) groups excluding carboxylic acids is 2. The van der Waals surface area contributed by atoms with E-state index in [0.717, 1.165) is 48.8 Å². The van der Waals surface area contributed by atoms with E-state index in [-0.39, 0.29) is 108 Å². The van der Waals surface area contributed by atoms with Gasteiger partial charge in [-0.25, -0.2) is 9.59 Å². The molecule has 0 amide bonds. The Hall–Kier alpha value is -6.67. The van der Waals surface area contributed by atoms with Crippen molar-refractivity contribution in [3.8, 4) is 5.75 Å². The van der Waals surface area contributed by atoms with Gasteiger partial charge in [0.2, 0.25) is 0 Å². The SMILES string of the molecule is CC(CO)=C1CCc2ccc(cc2)C2CCC(c3cccc(C45CCCCC4CCc4ccccc45)c3)CC2CC(=O)OC2c3c(ccc4c(CO)c(C(CCO)COCO)c(=O)oc34)OC(C)(C3CC4C=Cc5ccccc5C4C3)C2OC1=O. The maximum atomic E-state index is 15.8. The number of benzene rings is 5. The van der Waals surface area contributed by atoms with E-state index in [1.165, 1.54) is 53.5 Å². The van der Waals surface area contributed by atoms with Crippen molar-refractivity contribution in [3.63, 3.8) is 0 Å². The van der Waals surface area contributed by atoms with Crippen molar-refractivity contribution in [1.29, 1.82) is 0 Å². The van der Waals surface area contributed by atoms with Gasteiger partial charge in [-0.05, 0) is 194 Å². The van der Waals surface area contributed by atoms with Gasteiger partial charge in [0.05, 0.1) is 25.4 Å². The van der Waals surface area contributed by atoms with Crippen LogP contribution in [0.1, 0.15) is 188 Å². The van der Waals surface area contributed by atoms with Gasteiger partial charge in [0.15, 0.2) is 12.2 Å². The lowest BCUT2D eigenvalue weighted by molar-refractivity contribution is -0.199. The van der Waals surface area contributed by atoms with E-state index in [1.807, 2.05) is 13.0 Å². The summed E-state index contributed by atoms with van der Waals surface area (Å²) < 4.78 is 33.3. The number of fused-ring (bicyclic) bond motifs is 17. The summed E-state index contributed by atoms with van der Waals surface area (Å²) in [5.41, 5.74) is 9.34. The van der Waals surface area contributed by atoms with Crippen LogP contribution in [-0.2, 0) is 48.7 Å². The summed E-state index contributed by atoms with van der Waals surface area (Å²) in [5.74, 6) is -1.00. The molecule has 12 nitrogen and oxygen atoms in total. The number of aliphatic hydroxyl groups excluding tert-OH is 4. The van der Waals surface area contributed by atoms with Crippen LogP contribution in [0.5, 0.6) is 5.75 Å². The third-order valence-electron chi connectivity index (χ3n) is 21.6. The number of rotatable bonds is 11. The van der Waals surface area contributed by atoms with Gasteiger partial charge in [-0.3, -0.25) is 4.79 Å². The van der Waals surface area contributed by atoms with Gasteiger partial charge < -0.3 is 43.8 Å². The molecule has 4 heterocycles. The molecule has 0 saturated heterocycles. The second kappa shape index (κ2) is 23.9. The highest BCUT2D eigenvalue weighted by atomic mass is 16.6. The van der Waals surface area contributed by atoms with Crippen molar-refractivity contribution in [2.75, 3.05) is 26.6 Å². The Bertz CT molecular complexity index is 3610. The standard InChI is InChI=1S/C73H80O12/c1-43(39-75)56-27-19-44-17-20-46(21-18-44)57-28-25-49(48-12-9-14-54(35-48)73-32-8-7-13-53(73)26-24-47-11-4-6-16-62(47)73)34-52(57)37-64(78)82-68-66-63(30-29-59-61(40-76)65(71(80)83-67(59)66)51(31-33-74)41-81-42-77)85-72(2,69(68)84-70(56)79)55-36-50-23-22-45-10-3-5-15-58(45)60(50)38-55/h3-6,9-12,14-18,20-23,29-30,35,49-53,55,57,60,68-69,74-77H,7-8,13,19,24-28,31-34,36-42H2,1-2H3. The monoisotopic (exact) mass is 1150 g/mol. The van der Waals surface area contributed by atoms with E-state index in [2.05, 4.69) is 103 Å². The highest BCUT2D eigenvalue weighted by molar-refractivity contribution is 5.90. The number of ether oxygens (including phenoxy) is 4. The normalized spacial score (nSPS) is 29.8. The van der Waals surface area contributed by atoms with Gasteiger partial charge in [-0.2, -0.15) is 0 Å². The Kier molecular flexibility index (Phi) is 16.1. The molecular formula is C73H80O12. The molecule has 4 N–H and O–H groups in total. The number of aryl methyl sites for hydroxylation is 2. The molecule has 5 aromatic carbocycles. The lowest BCUT2D eigenvalue weighted by atomic mass is 9.54. The molecule has 3 saturated carbocycles. The molecule has 14 rings (SSSR count). The Morgan fingerprint density at radius 3 is 2.44 bits per heavy atom. The predicted molar refractivity (Wildman–Crippen MR) is 324 cm³/mol. The van der Waals surface area contributed by atoms with Gasteiger partial charge in [0.1, 0.15) is 23.7 Å². The van der Waals surface area contributed by atoms with Crippen LogP contribution in [-0.4, -0.2) is 70.7 Å². The Labute approximate surface area is 497 Å². The Balaban J connectivity index is 0.938. The second-order valence-corrected chi connectivity index (χ2v) is 25.9. The van der Waals surface area contributed by atoms with Gasteiger partial charge in [0, 0.05) is 46.8 Å². The van der Waals surface area contributed by atoms with Gasteiger partial charge in [-0.1, -0.05) is 122 Å². The minimum absolute atomic E-state index is 0.00553. The topological polar surface area (TPSA) is 182 Å². The summed E-state index contributed by atoms with van der Waals surface area (Å²) in [7, 11) is 0. The third kappa shape index (κ3) is 10.3. The van der Waals surface area contributed by atoms with Crippen LogP contribution in [0.3, 0.4) is 0 Å². The molecule has 6 aromatic rings. The molecule has 0 spiro atoms. The molecule has 444 valence electrons. The highest BCUT2D eigenvalue weighted by Gasteiger charge is 2.59. The summed E-state index contributed by atoms with van der Waals surface area (Å²) in [5, 5.41) is 42.2. The van der Waals surface area contributed by atoms with E-state index in [0.29, 0.717) is 41.7 Å². The third-order valence-corrected chi connectivity index (χ3v) is 21.6. The first-order chi connectivity index (χ1) is 41.4. The number of hydrogen-bond acceptors (Lipinski definition) is 12. The molecule has 8 aliphatic rings. The number of aliphatic hydroxyl groups is 4. The summed E-state index contributed by atoms with van der Waals surface area (Å²) in [6.07, 6.45) is 13.7. The lowest BCUT2D eigenvalue weighted by Crippen LogP contribution is -2.58. The molecule has 12 unspecified atom stereocenters. The molecule has 5 aliphatic carbocycles. The van der Waals surface area contributed by atoms with Gasteiger partial charge >= 0.3 is 17.6 Å². The van der Waals surface area contributed by atoms with Crippen molar-refractivity contribution in [1.82, 2.24) is 0 Å². The molecule has 1 aromatic heterocycles. The zero-order chi connectivity index (χ0) is 58.6. The molecule has 3 fully saturated rings. The maximum absolute atomic E-state index is 15.8. The number of hydrogen-bond donors (Lipinski definition) is 4. The molecule has 85 heavy (non-hydrogen) atoms. The molecule has 12 heteroatoms. The van der Waals surface area contributed by atoms with Crippen LogP contribution < -0.4 is 10.4 Å². The van der Waals surface area contributed by atoms with E-state index in [9.17, 15) is 25.2 Å². The van der Waals surface area contributed by atoms with E-state index in [1.54, 1.807) is 19.1 Å². The zero-order valence-electron chi connectivity index (χ0n) is 49.0. The van der Waals surface area contributed by atoms with Crippen LogP contribution in [0.4, 0.5) is 0 Å². The largest absolute Gasteiger partial charge is 0.483 e. The van der Waals surface area contributed by atoms with E-state index in [4.69, 9.17) is 23.4 Å². The highest BCUT2D eigenvalue weighted by Crippen LogP contribution is 2.59. The minimum Gasteiger partial charge on any atom is -0.483 e. The average molecular weight is 1150 g/mol. The van der Waals surface area contributed by atoms with Gasteiger partial charge in [-0.15, -0.1) is 0 Å². The molecule has 12 atom stereocenters. The number of allylic oxidation sites excluding steroid dienone is 1. The first-order valence-electron chi connectivity index (χ1n) is 31.4. The van der Waals surface area contributed by atoms with Crippen LogP contribution in [0.15, 0.2) is 136 Å². The zero-order valence-corrected chi connectivity index (χ0v) is 49.0. The van der Waals surface area contributed by atoms with Crippen LogP contribution in [0, 0.1) is 23.7 Å². The predicted octanol–water partition coefficient (Wildman–Crippen LogP) is 12.6. The van der Waals surface area contributed by atoms with E-state index >= 15 is 9.59 Å². The molecular weight excluding hydrogens is 1070 g/mol. The summed E-state index contributed by atoms with van der Waals surface area (Å²) in [6.45, 7) is 1.63. The molecule has 2 bridgehead atoms.